The van der Waals surface area contributed by atoms with Gasteiger partial charge in [0, 0.05) is 6.92 Å². The summed E-state index contributed by atoms with van der Waals surface area (Å²) in [5.74, 6) is 2.52. The van der Waals surface area contributed by atoms with Gasteiger partial charge in [-0.2, -0.15) is 0 Å². The molecule has 0 bridgehead atoms. The van der Waals surface area contributed by atoms with Crippen LogP contribution in [0.1, 0.15) is 27.7 Å². The molecule has 0 radical (unpaired) electrons. The molecule has 0 fully saturated rings. The van der Waals surface area contributed by atoms with Crippen molar-refractivity contribution in [2.45, 2.75) is 34.0 Å². The van der Waals surface area contributed by atoms with E-state index in [1.165, 1.54) is 0 Å². The van der Waals surface area contributed by atoms with E-state index in [1.54, 1.807) is 27.7 Å². The topological polar surface area (TPSA) is 54.0 Å². The molecule has 6 heteroatoms. The molecule has 15 heavy (non-hydrogen) atoms. The molecule has 88 valence electrons. The molecule has 0 amide bonds. The summed E-state index contributed by atoms with van der Waals surface area (Å²) in [5, 5.41) is 0. The van der Waals surface area contributed by atoms with Crippen molar-refractivity contribution < 1.29 is 22.9 Å². The molecule has 0 aromatic carbocycles. The summed E-state index contributed by atoms with van der Waals surface area (Å²) in [6.07, 6.45) is 1.58. The minimum absolute atomic E-state index is 0.240. The normalized spacial score (nSPS) is 12.8. The van der Waals surface area contributed by atoms with Gasteiger partial charge in [-0.1, -0.05) is 5.92 Å². The van der Waals surface area contributed by atoms with Gasteiger partial charge in [-0.3, -0.25) is 9.05 Å². The van der Waals surface area contributed by atoms with Crippen molar-refractivity contribution in [3.8, 4) is 12.0 Å². The molecule has 0 aromatic heterocycles. The van der Waals surface area contributed by atoms with Crippen molar-refractivity contribution in [3.05, 3.63) is 0 Å². The third kappa shape index (κ3) is 6.53. The second kappa shape index (κ2) is 7.72. The SMILES string of the molecule is CC#COC(C)OP(=O)(OCC)OCC. The molecular weight excluding hydrogens is 219 g/mol. The predicted octanol–water partition coefficient (Wildman–Crippen LogP) is 2.53. The Bertz CT molecular complexity index is 257. The second-order valence-corrected chi connectivity index (χ2v) is 4.05. The van der Waals surface area contributed by atoms with E-state index in [4.69, 9.17) is 18.3 Å². The fourth-order valence-electron chi connectivity index (χ4n) is 0.760. The summed E-state index contributed by atoms with van der Waals surface area (Å²) in [6, 6.07) is 0. The lowest BCUT2D eigenvalue weighted by Gasteiger charge is -2.19. The van der Waals surface area contributed by atoms with E-state index in [-0.39, 0.29) is 13.2 Å². The number of hydrogen-bond acceptors (Lipinski definition) is 5. The van der Waals surface area contributed by atoms with Crippen molar-refractivity contribution in [3.63, 3.8) is 0 Å². The number of phosphoric acid groups is 1. The molecule has 0 saturated heterocycles. The molecule has 0 aliphatic rings. The Balaban J connectivity index is 4.24. The number of rotatable bonds is 7. The van der Waals surface area contributed by atoms with Crippen LogP contribution in [0.25, 0.3) is 0 Å². The molecule has 0 saturated carbocycles. The van der Waals surface area contributed by atoms with Crippen LogP contribution >= 0.6 is 7.82 Å². The first kappa shape index (κ1) is 14.5. The lowest BCUT2D eigenvalue weighted by molar-refractivity contribution is -0.0335. The molecule has 5 nitrogen and oxygen atoms in total. The van der Waals surface area contributed by atoms with E-state index in [2.05, 4.69) is 12.0 Å². The van der Waals surface area contributed by atoms with Gasteiger partial charge in [0.2, 0.25) is 6.29 Å². The van der Waals surface area contributed by atoms with Crippen LogP contribution in [0.15, 0.2) is 0 Å². The lowest BCUT2D eigenvalue weighted by atomic mass is 10.7. The first-order valence-corrected chi connectivity index (χ1v) is 6.19. The Morgan fingerprint density at radius 1 is 1.27 bits per heavy atom. The first-order chi connectivity index (χ1) is 7.08. The van der Waals surface area contributed by atoms with Crippen molar-refractivity contribution in [1.29, 1.82) is 0 Å². The number of ether oxygens (including phenoxy) is 1. The quantitative estimate of drug-likeness (QED) is 0.386. The Kier molecular flexibility index (Phi) is 7.45. The van der Waals surface area contributed by atoms with Gasteiger partial charge >= 0.3 is 7.82 Å². The second-order valence-electron chi connectivity index (χ2n) is 2.43. The van der Waals surface area contributed by atoms with Crippen LogP contribution in [0.4, 0.5) is 0 Å². The van der Waals surface area contributed by atoms with Crippen LogP contribution in [-0.2, 0) is 22.9 Å². The van der Waals surface area contributed by atoms with Crippen LogP contribution in [0, 0.1) is 12.0 Å². The first-order valence-electron chi connectivity index (χ1n) is 4.72. The van der Waals surface area contributed by atoms with E-state index >= 15 is 0 Å². The Morgan fingerprint density at radius 2 is 1.80 bits per heavy atom. The maximum absolute atomic E-state index is 11.8. The van der Waals surface area contributed by atoms with Crippen molar-refractivity contribution in [2.24, 2.45) is 0 Å². The number of hydrogen-bond donors (Lipinski definition) is 0. The molecule has 0 aliphatic carbocycles. The minimum atomic E-state index is -3.51. The largest absolute Gasteiger partial charge is 0.477 e. The van der Waals surface area contributed by atoms with Crippen molar-refractivity contribution >= 4 is 7.82 Å². The highest BCUT2D eigenvalue weighted by Gasteiger charge is 2.28. The van der Waals surface area contributed by atoms with Crippen LogP contribution in [0.5, 0.6) is 0 Å². The molecule has 0 aromatic rings. The molecule has 0 spiro atoms. The monoisotopic (exact) mass is 236 g/mol. The molecular formula is C9H17O5P. The molecule has 1 unspecified atom stereocenters. The van der Waals surface area contributed by atoms with Gasteiger partial charge in [-0.05, 0) is 20.8 Å². The summed E-state index contributed by atoms with van der Waals surface area (Å²) >= 11 is 0. The molecule has 0 aliphatic heterocycles. The maximum Gasteiger partial charge on any atom is 0.477 e. The summed E-state index contributed by atoms with van der Waals surface area (Å²) in [4.78, 5) is 0. The highest BCUT2D eigenvalue weighted by molar-refractivity contribution is 7.48. The summed E-state index contributed by atoms with van der Waals surface area (Å²) < 4.78 is 31.5. The van der Waals surface area contributed by atoms with Crippen LogP contribution in [-0.4, -0.2) is 19.5 Å². The summed E-state index contributed by atoms with van der Waals surface area (Å²) in [5.41, 5.74) is 0. The molecule has 0 rings (SSSR count). The van der Waals surface area contributed by atoms with Crippen LogP contribution in [0.2, 0.25) is 0 Å². The van der Waals surface area contributed by atoms with Gasteiger partial charge in [-0.25, -0.2) is 9.09 Å². The highest BCUT2D eigenvalue weighted by atomic mass is 31.2. The standard InChI is InChI=1S/C9H17O5P/c1-5-8-11-9(4)14-15(10,12-6-2)13-7-3/h9H,6-7H2,1-4H3. The van der Waals surface area contributed by atoms with Gasteiger partial charge < -0.3 is 4.74 Å². The van der Waals surface area contributed by atoms with Gasteiger partial charge in [-0.15, -0.1) is 0 Å². The van der Waals surface area contributed by atoms with Crippen LogP contribution in [0.3, 0.4) is 0 Å². The van der Waals surface area contributed by atoms with Crippen LogP contribution < -0.4 is 0 Å². The number of phosphoric ester groups is 1. The van der Waals surface area contributed by atoms with E-state index in [0.29, 0.717) is 0 Å². The van der Waals surface area contributed by atoms with Gasteiger partial charge in [0.05, 0.1) is 13.2 Å². The summed E-state index contributed by atoms with van der Waals surface area (Å²) in [7, 11) is -3.51. The van der Waals surface area contributed by atoms with E-state index in [0.717, 1.165) is 0 Å². The molecule has 0 heterocycles. The third-order valence-electron chi connectivity index (χ3n) is 1.18. The van der Waals surface area contributed by atoms with E-state index < -0.39 is 14.1 Å². The highest BCUT2D eigenvalue weighted by Crippen LogP contribution is 2.50. The average molecular weight is 236 g/mol. The Labute approximate surface area is 90.7 Å². The average Bonchev–Trinajstić information content (AvgIpc) is 2.15. The van der Waals surface area contributed by atoms with Gasteiger partial charge in [0.15, 0.2) is 0 Å². The van der Waals surface area contributed by atoms with Crippen molar-refractivity contribution in [1.82, 2.24) is 0 Å². The van der Waals surface area contributed by atoms with E-state index in [1.807, 2.05) is 0 Å². The summed E-state index contributed by atoms with van der Waals surface area (Å²) in [6.45, 7) is 7.07. The molecule has 1 atom stereocenters. The Hall–Kier alpha value is -0.530. The maximum atomic E-state index is 11.8. The van der Waals surface area contributed by atoms with Gasteiger partial charge in [0.1, 0.15) is 6.11 Å². The predicted molar refractivity (Wildman–Crippen MR) is 55.9 cm³/mol. The zero-order valence-corrected chi connectivity index (χ0v) is 10.4. The minimum Gasteiger partial charge on any atom is -0.414 e. The zero-order chi connectivity index (χ0) is 11.7. The third-order valence-corrected chi connectivity index (χ3v) is 2.88. The smallest absolute Gasteiger partial charge is 0.414 e. The fourth-order valence-corrected chi connectivity index (χ4v) is 1.99. The molecule has 0 N–H and O–H groups in total. The van der Waals surface area contributed by atoms with Gasteiger partial charge in [0.25, 0.3) is 0 Å². The van der Waals surface area contributed by atoms with Crippen molar-refractivity contribution in [2.75, 3.05) is 13.2 Å². The lowest BCUT2D eigenvalue weighted by Crippen LogP contribution is -2.11. The Morgan fingerprint density at radius 3 is 2.20 bits per heavy atom. The zero-order valence-electron chi connectivity index (χ0n) is 9.48. The fraction of sp³-hybridized carbons (Fsp3) is 0.778. The van der Waals surface area contributed by atoms with E-state index in [9.17, 15) is 4.57 Å².